The molecule has 3 rings (SSSR count). The normalized spacial score (nSPS) is 20.1. The van der Waals surface area contributed by atoms with Gasteiger partial charge in [0.05, 0.1) is 5.75 Å². The zero-order valence-corrected chi connectivity index (χ0v) is 18.9. The molecule has 0 saturated carbocycles. The van der Waals surface area contributed by atoms with Crippen molar-refractivity contribution in [2.75, 3.05) is 19.3 Å². The molecule has 1 fully saturated rings. The second-order valence-corrected chi connectivity index (χ2v) is 11.0. The van der Waals surface area contributed by atoms with Gasteiger partial charge in [-0.2, -0.15) is 0 Å². The molecule has 0 aromatic heterocycles. The van der Waals surface area contributed by atoms with Crippen molar-refractivity contribution in [2.24, 2.45) is 11.8 Å². The fourth-order valence-corrected chi connectivity index (χ4v) is 5.21. The maximum Gasteiger partial charge on any atom is 0.251 e. The van der Waals surface area contributed by atoms with Crippen molar-refractivity contribution in [2.45, 2.75) is 39.1 Å². The number of likely N-dealkylation sites (tertiary alicyclic amines) is 1. The molecule has 162 valence electrons. The molecule has 1 aliphatic rings. The lowest BCUT2D eigenvalue weighted by molar-refractivity contribution is 0.0950. The Bertz CT molecular complexity index is 977. The predicted octanol–water partition coefficient (Wildman–Crippen LogP) is 3.64. The smallest absolute Gasteiger partial charge is 0.251 e. The van der Waals surface area contributed by atoms with Gasteiger partial charge in [0.15, 0.2) is 9.84 Å². The van der Waals surface area contributed by atoms with E-state index < -0.39 is 9.84 Å². The van der Waals surface area contributed by atoms with E-state index in [9.17, 15) is 13.2 Å². The molecule has 0 bridgehead atoms. The minimum atomic E-state index is -3.14. The molecule has 6 heteroatoms. The summed E-state index contributed by atoms with van der Waals surface area (Å²) in [5, 5.41) is 2.99. The molecule has 2 aromatic rings. The molecule has 1 saturated heterocycles. The maximum absolute atomic E-state index is 12.7. The van der Waals surface area contributed by atoms with Crippen molar-refractivity contribution < 1.29 is 13.2 Å². The van der Waals surface area contributed by atoms with E-state index in [1.165, 1.54) is 18.2 Å². The first-order valence-corrected chi connectivity index (χ1v) is 12.6. The van der Waals surface area contributed by atoms with Crippen LogP contribution in [0.25, 0.3) is 0 Å². The molecule has 0 unspecified atom stereocenters. The third-order valence-electron chi connectivity index (χ3n) is 5.51. The largest absolute Gasteiger partial charge is 0.348 e. The van der Waals surface area contributed by atoms with Gasteiger partial charge in [0, 0.05) is 38.0 Å². The number of rotatable bonds is 7. The number of benzene rings is 2. The van der Waals surface area contributed by atoms with E-state index in [2.05, 4.69) is 36.2 Å². The van der Waals surface area contributed by atoms with Crippen molar-refractivity contribution in [3.05, 3.63) is 70.8 Å². The summed E-state index contributed by atoms with van der Waals surface area (Å²) in [6.45, 7) is 8.19. The van der Waals surface area contributed by atoms with Gasteiger partial charge in [-0.1, -0.05) is 50.2 Å². The van der Waals surface area contributed by atoms with E-state index >= 15 is 0 Å². The van der Waals surface area contributed by atoms with E-state index in [-0.39, 0.29) is 11.7 Å². The number of sulfone groups is 1. The Morgan fingerprint density at radius 1 is 1.03 bits per heavy atom. The van der Waals surface area contributed by atoms with E-state index in [0.29, 0.717) is 29.5 Å². The van der Waals surface area contributed by atoms with Crippen LogP contribution in [-0.4, -0.2) is 38.6 Å². The van der Waals surface area contributed by atoms with Gasteiger partial charge in [0.2, 0.25) is 0 Å². The van der Waals surface area contributed by atoms with Crippen LogP contribution in [-0.2, 0) is 28.7 Å². The summed E-state index contributed by atoms with van der Waals surface area (Å²) in [7, 11) is -3.14. The number of carbonyl (C=O) groups excluding carboxylic acids is 1. The Morgan fingerprint density at radius 3 is 2.37 bits per heavy atom. The number of amides is 1. The van der Waals surface area contributed by atoms with Crippen LogP contribution >= 0.6 is 0 Å². The number of hydrogen-bond donors (Lipinski definition) is 1. The Morgan fingerprint density at radius 2 is 1.70 bits per heavy atom. The third kappa shape index (κ3) is 6.67. The average molecular weight is 429 g/mol. The highest BCUT2D eigenvalue weighted by atomic mass is 32.2. The Balaban J connectivity index is 1.65. The van der Waals surface area contributed by atoms with Crippen LogP contribution < -0.4 is 5.32 Å². The molecule has 0 radical (unpaired) electrons. The molecule has 2 atom stereocenters. The number of carbonyl (C=O) groups is 1. The summed E-state index contributed by atoms with van der Waals surface area (Å²) >= 11 is 0. The predicted molar refractivity (Wildman–Crippen MR) is 121 cm³/mol. The van der Waals surface area contributed by atoms with Crippen LogP contribution in [0.1, 0.15) is 47.3 Å². The van der Waals surface area contributed by atoms with Gasteiger partial charge in [-0.15, -0.1) is 0 Å². The molecule has 0 spiro atoms. The molecule has 0 aliphatic carbocycles. The van der Waals surface area contributed by atoms with Gasteiger partial charge in [0.1, 0.15) is 0 Å². The highest BCUT2D eigenvalue weighted by molar-refractivity contribution is 7.89. The minimum absolute atomic E-state index is 0.0658. The molecule has 1 heterocycles. The monoisotopic (exact) mass is 428 g/mol. The van der Waals surface area contributed by atoms with Gasteiger partial charge in [0.25, 0.3) is 5.91 Å². The Hall–Kier alpha value is -2.18. The first-order chi connectivity index (χ1) is 14.2. The van der Waals surface area contributed by atoms with Crippen LogP contribution in [0.15, 0.2) is 48.5 Å². The van der Waals surface area contributed by atoms with Crippen molar-refractivity contribution in [3.8, 4) is 0 Å². The number of piperidine rings is 1. The summed E-state index contributed by atoms with van der Waals surface area (Å²) in [5.74, 6) is 1.16. The maximum atomic E-state index is 12.7. The third-order valence-corrected chi connectivity index (χ3v) is 6.37. The van der Waals surface area contributed by atoms with E-state index in [1.807, 2.05) is 12.1 Å². The highest BCUT2D eigenvalue weighted by Gasteiger charge is 2.22. The van der Waals surface area contributed by atoms with Gasteiger partial charge < -0.3 is 5.32 Å². The summed E-state index contributed by atoms with van der Waals surface area (Å²) in [6.07, 6.45) is 2.48. The summed E-state index contributed by atoms with van der Waals surface area (Å²) < 4.78 is 23.1. The summed E-state index contributed by atoms with van der Waals surface area (Å²) in [4.78, 5) is 15.2. The van der Waals surface area contributed by atoms with Crippen molar-refractivity contribution >= 4 is 15.7 Å². The van der Waals surface area contributed by atoms with E-state index in [1.54, 1.807) is 24.3 Å². The highest BCUT2D eigenvalue weighted by Crippen LogP contribution is 2.23. The zero-order chi connectivity index (χ0) is 21.7. The lowest BCUT2D eigenvalue weighted by Gasteiger charge is -2.35. The topological polar surface area (TPSA) is 66.5 Å². The Labute approximate surface area is 180 Å². The first-order valence-electron chi connectivity index (χ1n) is 10.5. The van der Waals surface area contributed by atoms with Crippen LogP contribution in [0.4, 0.5) is 0 Å². The number of nitrogens with zero attached hydrogens (tertiary/aromatic N) is 1. The van der Waals surface area contributed by atoms with Gasteiger partial charge >= 0.3 is 0 Å². The average Bonchev–Trinajstić information content (AvgIpc) is 2.65. The minimum Gasteiger partial charge on any atom is -0.348 e. The molecule has 30 heavy (non-hydrogen) atoms. The summed E-state index contributed by atoms with van der Waals surface area (Å²) in [5.41, 5.74) is 3.46. The molecular formula is C24H32N2O3S. The number of hydrogen-bond acceptors (Lipinski definition) is 4. The molecular weight excluding hydrogens is 396 g/mol. The van der Waals surface area contributed by atoms with Crippen LogP contribution in [0.2, 0.25) is 0 Å². The van der Waals surface area contributed by atoms with Crippen molar-refractivity contribution in [3.63, 3.8) is 0 Å². The van der Waals surface area contributed by atoms with Gasteiger partial charge in [-0.05, 0) is 47.1 Å². The lowest BCUT2D eigenvalue weighted by Crippen LogP contribution is -2.38. The van der Waals surface area contributed by atoms with Crippen molar-refractivity contribution in [1.29, 1.82) is 0 Å². The molecule has 1 N–H and O–H groups in total. The second-order valence-electron chi connectivity index (χ2n) is 8.86. The quantitative estimate of drug-likeness (QED) is 0.731. The molecule has 2 aromatic carbocycles. The fraction of sp³-hybridized carbons (Fsp3) is 0.458. The molecule has 1 aliphatic heterocycles. The van der Waals surface area contributed by atoms with Crippen LogP contribution in [0.5, 0.6) is 0 Å². The molecule has 1 amide bonds. The molecule has 5 nitrogen and oxygen atoms in total. The lowest BCUT2D eigenvalue weighted by atomic mass is 9.91. The first kappa shape index (κ1) is 22.5. The summed E-state index contributed by atoms with van der Waals surface area (Å²) in [6, 6.07) is 15.1. The van der Waals surface area contributed by atoms with Crippen LogP contribution in [0.3, 0.4) is 0 Å². The van der Waals surface area contributed by atoms with Crippen molar-refractivity contribution in [1.82, 2.24) is 10.2 Å². The van der Waals surface area contributed by atoms with E-state index in [0.717, 1.165) is 25.2 Å². The van der Waals surface area contributed by atoms with Gasteiger partial charge in [-0.3, -0.25) is 9.69 Å². The fourth-order valence-electron chi connectivity index (χ4n) is 4.43. The SMILES string of the molecule is C[C@@H]1C[C@@H](C)CN(Cc2ccccc2CNC(=O)c2cccc(CS(C)(=O)=O)c2)C1. The van der Waals surface area contributed by atoms with Gasteiger partial charge in [-0.25, -0.2) is 8.42 Å². The Kier molecular flexibility index (Phi) is 7.32. The standard InChI is InChI=1S/C24H32N2O3S/c1-18-11-19(2)15-26(14-18)16-23-9-5-4-8-22(23)13-25-24(27)21-10-6-7-20(12-21)17-30(3,28)29/h4-10,12,18-19H,11,13-17H2,1-3H3,(H,25,27)/t18-,19-/m1/s1. The van der Waals surface area contributed by atoms with Crippen LogP contribution in [0, 0.1) is 11.8 Å². The second kappa shape index (κ2) is 9.75. The number of nitrogens with one attached hydrogen (secondary N) is 1. The zero-order valence-electron chi connectivity index (χ0n) is 18.1. The van der Waals surface area contributed by atoms with E-state index in [4.69, 9.17) is 0 Å².